The molecule has 0 radical (unpaired) electrons. The van der Waals surface area contributed by atoms with Crippen molar-refractivity contribution in [3.8, 4) is 5.69 Å². The molecule has 29 heavy (non-hydrogen) atoms. The highest BCUT2D eigenvalue weighted by molar-refractivity contribution is 5.92. The van der Waals surface area contributed by atoms with Gasteiger partial charge < -0.3 is 4.90 Å². The molecule has 0 bridgehead atoms. The van der Waals surface area contributed by atoms with Gasteiger partial charge in [-0.2, -0.15) is 5.10 Å². The van der Waals surface area contributed by atoms with E-state index in [0.717, 1.165) is 0 Å². The van der Waals surface area contributed by atoms with Crippen LogP contribution in [0.25, 0.3) is 5.69 Å². The Morgan fingerprint density at radius 3 is 2.31 bits per heavy atom. The van der Waals surface area contributed by atoms with Gasteiger partial charge in [0.15, 0.2) is 5.69 Å². The Morgan fingerprint density at radius 2 is 1.69 bits per heavy atom. The SMILES string of the molecule is CC(c1cccc([N+](=O)[O-])c1)N(C)C(=O)c1ccn(-c2ccc([N+](=O)[O-])cc2)n1. The summed E-state index contributed by atoms with van der Waals surface area (Å²) in [5.74, 6) is -0.357. The summed E-state index contributed by atoms with van der Waals surface area (Å²) in [6.45, 7) is 1.77. The molecule has 1 heterocycles. The Labute approximate surface area is 165 Å². The minimum Gasteiger partial charge on any atom is -0.334 e. The van der Waals surface area contributed by atoms with E-state index in [0.29, 0.717) is 11.3 Å². The van der Waals surface area contributed by atoms with Crippen molar-refractivity contribution in [3.05, 3.63) is 92.3 Å². The number of hydrogen-bond acceptors (Lipinski definition) is 6. The molecule has 0 spiro atoms. The van der Waals surface area contributed by atoms with E-state index in [4.69, 9.17) is 0 Å². The van der Waals surface area contributed by atoms with Crippen molar-refractivity contribution in [2.45, 2.75) is 13.0 Å². The Kier molecular flexibility index (Phi) is 5.35. The highest BCUT2D eigenvalue weighted by Gasteiger charge is 2.22. The van der Waals surface area contributed by atoms with Crippen LogP contribution in [0.4, 0.5) is 11.4 Å². The molecule has 0 fully saturated rings. The fraction of sp³-hybridized carbons (Fsp3) is 0.158. The van der Waals surface area contributed by atoms with Gasteiger partial charge in [-0.15, -0.1) is 0 Å². The van der Waals surface area contributed by atoms with E-state index in [9.17, 15) is 25.0 Å². The van der Waals surface area contributed by atoms with Gasteiger partial charge in [0.05, 0.1) is 21.6 Å². The summed E-state index contributed by atoms with van der Waals surface area (Å²) in [5.41, 5.74) is 1.30. The number of aromatic nitrogens is 2. The van der Waals surface area contributed by atoms with Gasteiger partial charge in [-0.05, 0) is 30.7 Å². The highest BCUT2D eigenvalue weighted by atomic mass is 16.6. The molecular weight excluding hydrogens is 378 g/mol. The number of carbonyl (C=O) groups is 1. The van der Waals surface area contributed by atoms with Crippen molar-refractivity contribution >= 4 is 17.3 Å². The molecule has 1 atom stereocenters. The maximum absolute atomic E-state index is 12.8. The maximum atomic E-state index is 12.8. The molecule has 148 valence electrons. The lowest BCUT2D eigenvalue weighted by Gasteiger charge is -2.24. The quantitative estimate of drug-likeness (QED) is 0.464. The summed E-state index contributed by atoms with van der Waals surface area (Å²) in [4.78, 5) is 35.0. The van der Waals surface area contributed by atoms with Gasteiger partial charge in [-0.3, -0.25) is 25.0 Å². The molecule has 1 aromatic heterocycles. The van der Waals surface area contributed by atoms with Gasteiger partial charge in [-0.1, -0.05) is 12.1 Å². The number of amides is 1. The third-order valence-corrected chi connectivity index (χ3v) is 4.60. The molecule has 1 amide bonds. The lowest BCUT2D eigenvalue weighted by atomic mass is 10.1. The van der Waals surface area contributed by atoms with E-state index in [1.807, 2.05) is 0 Å². The number of benzene rings is 2. The third-order valence-electron chi connectivity index (χ3n) is 4.60. The first-order chi connectivity index (χ1) is 13.8. The number of nitro benzene ring substituents is 2. The van der Waals surface area contributed by atoms with Crippen LogP contribution in [0.3, 0.4) is 0 Å². The summed E-state index contributed by atoms with van der Waals surface area (Å²) in [6.07, 6.45) is 1.58. The standard InChI is InChI=1S/C19H17N5O5/c1-13(14-4-3-5-17(12-14)24(28)29)21(2)19(25)18-10-11-22(20-18)15-6-8-16(9-7-15)23(26)27/h3-13H,1-2H3. The van der Waals surface area contributed by atoms with E-state index in [-0.39, 0.29) is 23.0 Å². The summed E-state index contributed by atoms with van der Waals surface area (Å²) < 4.78 is 1.45. The topological polar surface area (TPSA) is 124 Å². The van der Waals surface area contributed by atoms with Crippen LogP contribution in [0.2, 0.25) is 0 Å². The maximum Gasteiger partial charge on any atom is 0.274 e. The average molecular weight is 395 g/mol. The molecule has 0 aliphatic carbocycles. The second-order valence-corrected chi connectivity index (χ2v) is 6.36. The van der Waals surface area contributed by atoms with Gasteiger partial charge in [0.25, 0.3) is 17.3 Å². The zero-order valence-electron chi connectivity index (χ0n) is 15.6. The van der Waals surface area contributed by atoms with Gasteiger partial charge in [0.1, 0.15) is 0 Å². The number of carbonyl (C=O) groups excluding carboxylic acids is 1. The third kappa shape index (κ3) is 4.10. The molecule has 3 aromatic rings. The molecule has 0 saturated heterocycles. The van der Waals surface area contributed by atoms with Crippen LogP contribution in [0.5, 0.6) is 0 Å². The first-order valence-corrected chi connectivity index (χ1v) is 8.60. The molecule has 3 rings (SSSR count). The Bertz CT molecular complexity index is 1080. The van der Waals surface area contributed by atoms with Gasteiger partial charge in [0, 0.05) is 37.5 Å². The molecule has 10 heteroatoms. The van der Waals surface area contributed by atoms with Crippen LogP contribution < -0.4 is 0 Å². The minimum absolute atomic E-state index is 0.0391. The molecular formula is C19H17N5O5. The van der Waals surface area contributed by atoms with E-state index >= 15 is 0 Å². The predicted octanol–water partition coefficient (Wildman–Crippen LogP) is 3.52. The van der Waals surface area contributed by atoms with Crippen molar-refractivity contribution in [3.63, 3.8) is 0 Å². The van der Waals surface area contributed by atoms with Crippen molar-refractivity contribution in [2.24, 2.45) is 0 Å². The zero-order chi connectivity index (χ0) is 21.1. The van der Waals surface area contributed by atoms with Crippen molar-refractivity contribution in [1.29, 1.82) is 0 Å². The van der Waals surface area contributed by atoms with Gasteiger partial charge in [0.2, 0.25) is 0 Å². The number of rotatable bonds is 6. The Morgan fingerprint density at radius 1 is 1.03 bits per heavy atom. The molecule has 2 aromatic carbocycles. The van der Waals surface area contributed by atoms with Crippen molar-refractivity contribution in [2.75, 3.05) is 7.05 Å². The number of non-ortho nitro benzene ring substituents is 2. The van der Waals surface area contributed by atoms with E-state index in [1.54, 1.807) is 38.4 Å². The normalized spacial score (nSPS) is 11.7. The van der Waals surface area contributed by atoms with Gasteiger partial charge in [-0.25, -0.2) is 4.68 Å². The molecule has 0 saturated carbocycles. The van der Waals surface area contributed by atoms with Gasteiger partial charge >= 0.3 is 0 Å². The number of hydrogen-bond donors (Lipinski definition) is 0. The summed E-state index contributed by atoms with van der Waals surface area (Å²) in [5, 5.41) is 26.0. The summed E-state index contributed by atoms with van der Waals surface area (Å²) in [7, 11) is 1.59. The molecule has 1 unspecified atom stereocenters. The Balaban J connectivity index is 1.79. The minimum atomic E-state index is -0.494. The van der Waals surface area contributed by atoms with Crippen LogP contribution in [-0.4, -0.2) is 37.5 Å². The van der Waals surface area contributed by atoms with E-state index in [2.05, 4.69) is 5.10 Å². The van der Waals surface area contributed by atoms with Crippen molar-refractivity contribution < 1.29 is 14.6 Å². The van der Waals surface area contributed by atoms with E-state index < -0.39 is 15.9 Å². The smallest absolute Gasteiger partial charge is 0.274 e. The van der Waals surface area contributed by atoms with Crippen LogP contribution in [0.15, 0.2) is 60.8 Å². The van der Waals surface area contributed by atoms with Crippen molar-refractivity contribution in [1.82, 2.24) is 14.7 Å². The highest BCUT2D eigenvalue weighted by Crippen LogP contribution is 2.24. The summed E-state index contributed by atoms with van der Waals surface area (Å²) in [6, 6.07) is 13.0. The number of nitro groups is 2. The first-order valence-electron chi connectivity index (χ1n) is 8.60. The summed E-state index contributed by atoms with van der Waals surface area (Å²) >= 11 is 0. The Hall–Kier alpha value is -4.08. The molecule has 0 N–H and O–H groups in total. The van der Waals surface area contributed by atoms with Crippen LogP contribution in [-0.2, 0) is 0 Å². The molecule has 0 aliphatic heterocycles. The molecule has 0 aliphatic rings. The van der Waals surface area contributed by atoms with Crippen LogP contribution in [0, 0.1) is 20.2 Å². The van der Waals surface area contributed by atoms with Crippen LogP contribution in [0.1, 0.15) is 29.0 Å². The second kappa shape index (κ2) is 7.89. The monoisotopic (exact) mass is 395 g/mol. The lowest BCUT2D eigenvalue weighted by Crippen LogP contribution is -2.30. The second-order valence-electron chi connectivity index (χ2n) is 6.36. The fourth-order valence-corrected chi connectivity index (χ4v) is 2.79. The average Bonchev–Trinajstić information content (AvgIpc) is 3.22. The zero-order valence-corrected chi connectivity index (χ0v) is 15.6. The predicted molar refractivity (Wildman–Crippen MR) is 104 cm³/mol. The van der Waals surface area contributed by atoms with Crippen LogP contribution >= 0.6 is 0 Å². The fourth-order valence-electron chi connectivity index (χ4n) is 2.79. The lowest BCUT2D eigenvalue weighted by molar-refractivity contribution is -0.385. The molecule has 10 nitrogen and oxygen atoms in total. The number of nitrogens with zero attached hydrogens (tertiary/aromatic N) is 5. The first kappa shape index (κ1) is 19.7. The van der Waals surface area contributed by atoms with E-state index in [1.165, 1.54) is 46.0 Å². The largest absolute Gasteiger partial charge is 0.334 e.